The Morgan fingerprint density at radius 2 is 1.68 bits per heavy atom. The summed E-state index contributed by atoms with van der Waals surface area (Å²) >= 11 is 0. The molecule has 1 aromatic rings. The van der Waals surface area contributed by atoms with E-state index in [9.17, 15) is 0 Å². The van der Waals surface area contributed by atoms with Gasteiger partial charge in [0, 0.05) is 24.5 Å². The third-order valence-electron chi connectivity index (χ3n) is 4.45. The van der Waals surface area contributed by atoms with Crippen molar-refractivity contribution in [3.8, 4) is 0 Å². The van der Waals surface area contributed by atoms with Gasteiger partial charge in [-0.3, -0.25) is 9.97 Å². The number of aromatic nitrogens is 2. The molecule has 0 saturated heterocycles. The second-order valence-corrected chi connectivity index (χ2v) is 5.96. The Labute approximate surface area is 117 Å². The van der Waals surface area contributed by atoms with Crippen molar-refractivity contribution in [2.75, 3.05) is 0 Å². The maximum atomic E-state index is 4.47. The Hall–Kier alpha value is -0.960. The molecule has 2 rings (SSSR count). The first-order valence-electron chi connectivity index (χ1n) is 7.72. The minimum absolute atomic E-state index is 0.284. The van der Waals surface area contributed by atoms with Crippen molar-refractivity contribution in [2.24, 2.45) is 5.92 Å². The highest BCUT2D eigenvalue weighted by Crippen LogP contribution is 2.26. The van der Waals surface area contributed by atoms with Crippen LogP contribution in [0.2, 0.25) is 0 Å². The first-order valence-corrected chi connectivity index (χ1v) is 7.72. The fraction of sp³-hybridized carbons (Fsp3) is 0.750. The Bertz CT molecular complexity index is 383. The van der Waals surface area contributed by atoms with Crippen LogP contribution in [0.5, 0.6) is 0 Å². The van der Waals surface area contributed by atoms with Crippen molar-refractivity contribution in [1.29, 1.82) is 0 Å². The molecule has 3 heteroatoms. The van der Waals surface area contributed by atoms with Crippen LogP contribution in [0.1, 0.15) is 69.8 Å². The number of aryl methyl sites for hydroxylation is 1. The van der Waals surface area contributed by atoms with E-state index in [0.29, 0.717) is 6.04 Å². The first kappa shape index (κ1) is 14.4. The van der Waals surface area contributed by atoms with E-state index < -0.39 is 0 Å². The van der Waals surface area contributed by atoms with Crippen LogP contribution >= 0.6 is 0 Å². The predicted octanol–water partition coefficient (Wildman–Crippen LogP) is 3.79. The number of nitrogens with zero attached hydrogens (tertiary/aromatic N) is 2. The summed E-state index contributed by atoms with van der Waals surface area (Å²) in [7, 11) is 0. The number of hydrogen-bond donors (Lipinski definition) is 1. The molecular weight excluding hydrogens is 234 g/mol. The summed E-state index contributed by atoms with van der Waals surface area (Å²) in [5, 5.41) is 3.73. The molecule has 0 aliphatic heterocycles. The van der Waals surface area contributed by atoms with Gasteiger partial charge < -0.3 is 5.32 Å². The van der Waals surface area contributed by atoms with Gasteiger partial charge >= 0.3 is 0 Å². The van der Waals surface area contributed by atoms with Crippen LogP contribution in [0.3, 0.4) is 0 Å². The molecule has 19 heavy (non-hydrogen) atoms. The van der Waals surface area contributed by atoms with E-state index in [4.69, 9.17) is 0 Å². The summed E-state index contributed by atoms with van der Waals surface area (Å²) in [6.45, 7) is 6.57. The largest absolute Gasteiger partial charge is 0.306 e. The van der Waals surface area contributed by atoms with Crippen LogP contribution in [0, 0.1) is 12.8 Å². The lowest BCUT2D eigenvalue weighted by Crippen LogP contribution is -2.36. The molecular formula is C16H27N3. The molecule has 2 atom stereocenters. The lowest BCUT2D eigenvalue weighted by Gasteiger charge is -2.27. The highest BCUT2D eigenvalue weighted by molar-refractivity contribution is 5.12. The van der Waals surface area contributed by atoms with Crippen molar-refractivity contribution >= 4 is 0 Å². The first-order chi connectivity index (χ1) is 9.18. The smallest absolute Gasteiger partial charge is 0.0782 e. The zero-order chi connectivity index (χ0) is 13.7. The predicted molar refractivity (Wildman–Crippen MR) is 79.0 cm³/mol. The molecule has 3 nitrogen and oxygen atoms in total. The van der Waals surface area contributed by atoms with Gasteiger partial charge in [-0.1, -0.05) is 25.7 Å². The summed E-state index contributed by atoms with van der Waals surface area (Å²) in [4.78, 5) is 8.80. The van der Waals surface area contributed by atoms with Gasteiger partial charge in [-0.15, -0.1) is 0 Å². The van der Waals surface area contributed by atoms with Gasteiger partial charge in [0.1, 0.15) is 0 Å². The number of hydrogen-bond acceptors (Lipinski definition) is 3. The van der Waals surface area contributed by atoms with Gasteiger partial charge in [-0.2, -0.15) is 0 Å². The Balaban J connectivity index is 1.94. The van der Waals surface area contributed by atoms with E-state index in [1.807, 2.05) is 6.92 Å². The van der Waals surface area contributed by atoms with Crippen LogP contribution in [0.25, 0.3) is 0 Å². The lowest BCUT2D eigenvalue weighted by molar-refractivity contribution is 0.314. The fourth-order valence-corrected chi connectivity index (χ4v) is 3.26. The second-order valence-electron chi connectivity index (χ2n) is 5.96. The summed E-state index contributed by atoms with van der Waals surface area (Å²) in [6.07, 6.45) is 11.9. The van der Waals surface area contributed by atoms with E-state index in [0.717, 1.165) is 17.3 Å². The lowest BCUT2D eigenvalue weighted by atomic mass is 9.92. The minimum Gasteiger partial charge on any atom is -0.306 e. The van der Waals surface area contributed by atoms with Gasteiger partial charge in [0.15, 0.2) is 0 Å². The van der Waals surface area contributed by atoms with E-state index in [1.54, 1.807) is 12.4 Å². The van der Waals surface area contributed by atoms with Gasteiger partial charge in [-0.05, 0) is 39.5 Å². The number of nitrogens with one attached hydrogen (secondary N) is 1. The Kier molecular flexibility index (Phi) is 5.32. The molecule has 0 radical (unpaired) electrons. The molecule has 1 aromatic heterocycles. The average Bonchev–Trinajstić information content (AvgIpc) is 2.68. The van der Waals surface area contributed by atoms with Crippen molar-refractivity contribution in [2.45, 2.75) is 71.4 Å². The standard InChI is InChI=1S/C16H27N3/c1-12(15-8-6-4-5-7-9-15)19-14(3)16-13(2)17-10-11-18-16/h10-12,14-15,19H,4-9H2,1-3H3/t12-,14?/m0/s1. The fourth-order valence-electron chi connectivity index (χ4n) is 3.26. The van der Waals surface area contributed by atoms with Crippen LogP contribution in [-0.4, -0.2) is 16.0 Å². The molecule has 0 aromatic carbocycles. The summed E-state index contributed by atoms with van der Waals surface area (Å²) in [5.74, 6) is 0.821. The molecule has 1 saturated carbocycles. The Morgan fingerprint density at radius 3 is 2.32 bits per heavy atom. The summed E-state index contributed by atoms with van der Waals surface area (Å²) < 4.78 is 0. The molecule has 1 unspecified atom stereocenters. The molecule has 0 spiro atoms. The minimum atomic E-state index is 0.284. The summed E-state index contributed by atoms with van der Waals surface area (Å²) in [6, 6.07) is 0.849. The van der Waals surface area contributed by atoms with Crippen molar-refractivity contribution < 1.29 is 0 Å². The molecule has 1 fully saturated rings. The SMILES string of the molecule is Cc1nccnc1C(C)N[C@@H](C)C1CCCCCC1. The van der Waals surface area contributed by atoms with Gasteiger partial charge in [-0.25, -0.2) is 0 Å². The summed E-state index contributed by atoms with van der Waals surface area (Å²) in [5.41, 5.74) is 2.12. The van der Waals surface area contributed by atoms with Crippen LogP contribution in [-0.2, 0) is 0 Å². The molecule has 1 aliphatic rings. The molecule has 0 amide bonds. The van der Waals surface area contributed by atoms with Crippen molar-refractivity contribution in [1.82, 2.24) is 15.3 Å². The number of rotatable bonds is 4. The Morgan fingerprint density at radius 1 is 1.05 bits per heavy atom. The maximum absolute atomic E-state index is 4.47. The van der Waals surface area contributed by atoms with Gasteiger partial charge in [0.05, 0.1) is 11.4 Å². The van der Waals surface area contributed by atoms with E-state index in [1.165, 1.54) is 38.5 Å². The van der Waals surface area contributed by atoms with E-state index in [2.05, 4.69) is 29.1 Å². The van der Waals surface area contributed by atoms with E-state index >= 15 is 0 Å². The molecule has 0 bridgehead atoms. The molecule has 1 aliphatic carbocycles. The zero-order valence-corrected chi connectivity index (χ0v) is 12.5. The molecule has 1 N–H and O–H groups in total. The van der Waals surface area contributed by atoms with Gasteiger partial charge in [0.2, 0.25) is 0 Å². The quantitative estimate of drug-likeness (QED) is 0.838. The molecule has 1 heterocycles. The van der Waals surface area contributed by atoms with Crippen LogP contribution in [0.4, 0.5) is 0 Å². The van der Waals surface area contributed by atoms with Crippen LogP contribution in [0.15, 0.2) is 12.4 Å². The maximum Gasteiger partial charge on any atom is 0.0782 e. The third kappa shape index (κ3) is 4.00. The highest BCUT2D eigenvalue weighted by Gasteiger charge is 2.21. The average molecular weight is 261 g/mol. The topological polar surface area (TPSA) is 37.8 Å². The normalized spacial score (nSPS) is 20.8. The van der Waals surface area contributed by atoms with Gasteiger partial charge in [0.25, 0.3) is 0 Å². The van der Waals surface area contributed by atoms with Crippen molar-refractivity contribution in [3.05, 3.63) is 23.8 Å². The monoisotopic (exact) mass is 261 g/mol. The van der Waals surface area contributed by atoms with Crippen LogP contribution < -0.4 is 5.32 Å². The highest BCUT2D eigenvalue weighted by atomic mass is 15.0. The third-order valence-corrected chi connectivity index (χ3v) is 4.45. The zero-order valence-electron chi connectivity index (χ0n) is 12.5. The molecule has 106 valence electrons. The second kappa shape index (κ2) is 6.99. The van der Waals surface area contributed by atoms with Crippen molar-refractivity contribution in [3.63, 3.8) is 0 Å². The van der Waals surface area contributed by atoms with E-state index in [-0.39, 0.29) is 6.04 Å².